The molecule has 0 heterocycles. The van der Waals surface area contributed by atoms with E-state index in [0.29, 0.717) is 31.4 Å². The maximum atomic E-state index is 12.5. The van der Waals surface area contributed by atoms with Gasteiger partial charge in [-0.05, 0) is 30.5 Å². The molecular weight excluding hydrogens is 291 g/mol. The van der Waals surface area contributed by atoms with Crippen LogP contribution in [0.5, 0.6) is 0 Å². The zero-order valence-electron chi connectivity index (χ0n) is 11.6. The second-order valence-corrected chi connectivity index (χ2v) is 5.32. The van der Waals surface area contributed by atoms with E-state index in [2.05, 4.69) is 19.2 Å². The summed E-state index contributed by atoms with van der Waals surface area (Å²) in [6, 6.07) is 3.26. The molecule has 6 heteroatoms. The smallest absolute Gasteiger partial charge is 0.382 e. The highest BCUT2D eigenvalue weighted by Crippen LogP contribution is 2.33. The molecule has 0 saturated carbocycles. The highest BCUT2D eigenvalue weighted by atomic mass is 35.5. The monoisotopic (exact) mass is 309 g/mol. The quantitative estimate of drug-likeness (QED) is 0.728. The van der Waals surface area contributed by atoms with Crippen LogP contribution in [0.1, 0.15) is 25.8 Å². The number of alkyl halides is 3. The molecule has 0 bridgehead atoms. The molecule has 0 aromatic heterocycles. The minimum atomic E-state index is -4.37. The van der Waals surface area contributed by atoms with E-state index in [1.165, 1.54) is 6.07 Å². The van der Waals surface area contributed by atoms with Gasteiger partial charge in [-0.25, -0.2) is 0 Å². The van der Waals surface area contributed by atoms with E-state index in [0.717, 1.165) is 18.6 Å². The normalized spacial score (nSPS) is 11.9. The van der Waals surface area contributed by atoms with Crippen LogP contribution in [0.15, 0.2) is 18.2 Å². The lowest BCUT2D eigenvalue weighted by molar-refractivity contribution is -0.137. The summed E-state index contributed by atoms with van der Waals surface area (Å²) < 4.78 is 42.8. The first-order valence-corrected chi connectivity index (χ1v) is 6.87. The molecular formula is C14H19ClF3NO. The third-order valence-electron chi connectivity index (χ3n) is 2.70. The van der Waals surface area contributed by atoms with Crippen molar-refractivity contribution in [3.8, 4) is 0 Å². The number of hydrogen-bond donors (Lipinski definition) is 1. The number of benzene rings is 1. The van der Waals surface area contributed by atoms with Gasteiger partial charge in [0.15, 0.2) is 0 Å². The van der Waals surface area contributed by atoms with Crippen LogP contribution in [-0.4, -0.2) is 19.8 Å². The Morgan fingerprint density at radius 2 is 1.95 bits per heavy atom. The topological polar surface area (TPSA) is 21.3 Å². The van der Waals surface area contributed by atoms with Gasteiger partial charge >= 0.3 is 6.18 Å². The van der Waals surface area contributed by atoms with Gasteiger partial charge < -0.3 is 10.1 Å². The van der Waals surface area contributed by atoms with Crippen molar-refractivity contribution < 1.29 is 17.9 Å². The van der Waals surface area contributed by atoms with Crippen LogP contribution >= 0.6 is 11.6 Å². The fourth-order valence-electron chi connectivity index (χ4n) is 1.51. The summed E-state index contributed by atoms with van der Waals surface area (Å²) in [6.07, 6.45) is -3.39. The predicted molar refractivity (Wildman–Crippen MR) is 75.2 cm³/mol. The molecule has 1 rings (SSSR count). The zero-order chi connectivity index (χ0) is 15.2. The molecule has 1 aromatic rings. The summed E-state index contributed by atoms with van der Waals surface area (Å²) in [5, 5.41) is 3.01. The van der Waals surface area contributed by atoms with Crippen LogP contribution in [-0.2, 0) is 10.9 Å². The van der Waals surface area contributed by atoms with Crippen LogP contribution in [0.25, 0.3) is 0 Å². The SMILES string of the molecule is CC(C)CCOCCNc1ccc(C(F)(F)F)cc1Cl. The second-order valence-electron chi connectivity index (χ2n) is 4.91. The molecule has 0 aliphatic carbocycles. The standard InChI is InChI=1S/C14H19ClF3NO/c1-10(2)5-7-20-8-6-19-13-4-3-11(9-12(13)15)14(16,17)18/h3-4,9-10,19H,5-8H2,1-2H3. The fourth-order valence-corrected chi connectivity index (χ4v) is 1.76. The Labute approximate surface area is 122 Å². The van der Waals surface area contributed by atoms with Gasteiger partial charge in [-0.1, -0.05) is 25.4 Å². The molecule has 0 aliphatic rings. The molecule has 1 N–H and O–H groups in total. The van der Waals surface area contributed by atoms with Crippen molar-refractivity contribution in [1.29, 1.82) is 0 Å². The van der Waals surface area contributed by atoms with Crippen molar-refractivity contribution in [3.63, 3.8) is 0 Å². The summed E-state index contributed by atoms with van der Waals surface area (Å²) in [4.78, 5) is 0. The molecule has 0 fully saturated rings. The van der Waals surface area contributed by atoms with Gasteiger partial charge in [0.2, 0.25) is 0 Å². The lowest BCUT2D eigenvalue weighted by Crippen LogP contribution is -2.11. The first-order valence-electron chi connectivity index (χ1n) is 6.49. The van der Waals surface area contributed by atoms with E-state index in [9.17, 15) is 13.2 Å². The lowest BCUT2D eigenvalue weighted by atomic mass is 10.1. The van der Waals surface area contributed by atoms with Gasteiger partial charge in [0.1, 0.15) is 0 Å². The van der Waals surface area contributed by atoms with E-state index >= 15 is 0 Å². The number of anilines is 1. The summed E-state index contributed by atoms with van der Waals surface area (Å²) in [5.74, 6) is 0.590. The Kier molecular flexibility index (Phi) is 6.62. The van der Waals surface area contributed by atoms with Crippen molar-refractivity contribution in [1.82, 2.24) is 0 Å². The molecule has 20 heavy (non-hydrogen) atoms. The summed E-state index contributed by atoms with van der Waals surface area (Å²) in [6.45, 7) is 5.90. The van der Waals surface area contributed by atoms with Crippen molar-refractivity contribution >= 4 is 17.3 Å². The molecule has 0 unspecified atom stereocenters. The van der Waals surface area contributed by atoms with Gasteiger partial charge in [0, 0.05) is 13.2 Å². The molecule has 0 saturated heterocycles. The number of nitrogens with one attached hydrogen (secondary N) is 1. The first kappa shape index (κ1) is 17.1. The maximum absolute atomic E-state index is 12.5. The Balaban J connectivity index is 2.38. The molecule has 114 valence electrons. The van der Waals surface area contributed by atoms with Gasteiger partial charge in [-0.2, -0.15) is 13.2 Å². The van der Waals surface area contributed by atoms with E-state index in [4.69, 9.17) is 16.3 Å². The Morgan fingerprint density at radius 1 is 1.25 bits per heavy atom. The molecule has 0 radical (unpaired) electrons. The van der Waals surface area contributed by atoms with Crippen LogP contribution in [0.3, 0.4) is 0 Å². The number of hydrogen-bond acceptors (Lipinski definition) is 2. The Bertz CT molecular complexity index is 421. The molecule has 0 amide bonds. The average molecular weight is 310 g/mol. The van der Waals surface area contributed by atoms with E-state index in [-0.39, 0.29) is 5.02 Å². The van der Waals surface area contributed by atoms with Gasteiger partial charge in [0.05, 0.1) is 22.9 Å². The molecule has 0 aliphatic heterocycles. The van der Waals surface area contributed by atoms with E-state index in [1.807, 2.05) is 0 Å². The third kappa shape index (κ3) is 6.01. The predicted octanol–water partition coefficient (Wildman–Crippen LogP) is 4.83. The minimum absolute atomic E-state index is 0.0574. The first-order chi connectivity index (χ1) is 9.30. The van der Waals surface area contributed by atoms with Crippen molar-refractivity contribution in [3.05, 3.63) is 28.8 Å². The number of halogens is 4. The lowest BCUT2D eigenvalue weighted by Gasteiger charge is -2.12. The van der Waals surface area contributed by atoms with Crippen molar-refractivity contribution in [2.75, 3.05) is 25.1 Å². The maximum Gasteiger partial charge on any atom is 0.416 e. The summed E-state index contributed by atoms with van der Waals surface area (Å²) in [7, 11) is 0. The van der Waals surface area contributed by atoms with Crippen LogP contribution in [0.2, 0.25) is 5.02 Å². The van der Waals surface area contributed by atoms with E-state index < -0.39 is 11.7 Å². The van der Waals surface area contributed by atoms with Gasteiger partial charge in [0.25, 0.3) is 0 Å². The molecule has 1 aromatic carbocycles. The van der Waals surface area contributed by atoms with Crippen molar-refractivity contribution in [2.24, 2.45) is 5.92 Å². The van der Waals surface area contributed by atoms with E-state index in [1.54, 1.807) is 0 Å². The summed E-state index contributed by atoms with van der Waals surface area (Å²) in [5.41, 5.74) is -0.270. The van der Waals surface area contributed by atoms with Crippen LogP contribution in [0, 0.1) is 5.92 Å². The number of ether oxygens (including phenoxy) is 1. The number of rotatable bonds is 7. The minimum Gasteiger partial charge on any atom is -0.382 e. The average Bonchev–Trinajstić information content (AvgIpc) is 2.33. The summed E-state index contributed by atoms with van der Waals surface area (Å²) >= 11 is 5.81. The van der Waals surface area contributed by atoms with Gasteiger partial charge in [-0.3, -0.25) is 0 Å². The highest BCUT2D eigenvalue weighted by molar-refractivity contribution is 6.33. The fraction of sp³-hybridized carbons (Fsp3) is 0.571. The van der Waals surface area contributed by atoms with Crippen LogP contribution < -0.4 is 5.32 Å². The molecule has 0 spiro atoms. The highest BCUT2D eigenvalue weighted by Gasteiger charge is 2.30. The van der Waals surface area contributed by atoms with Crippen molar-refractivity contribution in [2.45, 2.75) is 26.4 Å². The Morgan fingerprint density at radius 3 is 2.50 bits per heavy atom. The Hall–Kier alpha value is -0.940. The molecule has 0 atom stereocenters. The van der Waals surface area contributed by atoms with Crippen LogP contribution in [0.4, 0.5) is 18.9 Å². The second kappa shape index (κ2) is 7.74. The van der Waals surface area contributed by atoms with Gasteiger partial charge in [-0.15, -0.1) is 0 Å². The third-order valence-corrected chi connectivity index (χ3v) is 3.01. The zero-order valence-corrected chi connectivity index (χ0v) is 12.3. The molecule has 2 nitrogen and oxygen atoms in total. The largest absolute Gasteiger partial charge is 0.416 e.